The summed E-state index contributed by atoms with van der Waals surface area (Å²) in [5.74, 6) is -0.196. The normalized spacial score (nSPS) is 11.6. The molecule has 0 radical (unpaired) electrons. The molecule has 5 heteroatoms. The number of hydrogen-bond acceptors (Lipinski definition) is 3. The van der Waals surface area contributed by atoms with Crippen molar-refractivity contribution in [2.24, 2.45) is 0 Å². The number of carbonyl (C=O) groups is 1. The summed E-state index contributed by atoms with van der Waals surface area (Å²) in [4.78, 5) is 14.0. The lowest BCUT2D eigenvalue weighted by Gasteiger charge is -2.24. The summed E-state index contributed by atoms with van der Waals surface area (Å²) in [6, 6.07) is 7.97. The number of aliphatic hydroxyl groups is 1. The maximum atomic E-state index is 12.5. The van der Waals surface area contributed by atoms with Crippen molar-refractivity contribution in [1.29, 1.82) is 0 Å². The van der Waals surface area contributed by atoms with Crippen molar-refractivity contribution in [3.63, 3.8) is 0 Å². The molecule has 0 aliphatic rings. The van der Waals surface area contributed by atoms with Crippen molar-refractivity contribution in [2.45, 2.75) is 40.2 Å². The third-order valence-electron chi connectivity index (χ3n) is 3.53. The van der Waals surface area contributed by atoms with E-state index in [-0.39, 0.29) is 12.5 Å². The Morgan fingerprint density at radius 1 is 1.17 bits per heavy atom. The van der Waals surface area contributed by atoms with Crippen LogP contribution in [0.15, 0.2) is 24.3 Å². The number of rotatable bonds is 4. The van der Waals surface area contributed by atoms with Crippen LogP contribution in [0.25, 0.3) is 5.69 Å². The maximum absolute atomic E-state index is 12.5. The highest BCUT2D eigenvalue weighted by atomic mass is 16.3. The highest BCUT2D eigenvalue weighted by molar-refractivity contribution is 5.92. The molecular weight excluding hydrogens is 290 g/mol. The SMILES string of the molecule is Cc1cc(C)cc(-n2nc(C(=O)N(C)CC(C)(C)O)cc2C)c1. The summed E-state index contributed by atoms with van der Waals surface area (Å²) in [7, 11) is 1.67. The lowest BCUT2D eigenvalue weighted by atomic mass is 10.1. The monoisotopic (exact) mass is 315 g/mol. The molecule has 0 fully saturated rings. The molecule has 1 heterocycles. The fourth-order valence-corrected chi connectivity index (χ4v) is 2.76. The number of nitrogens with zero attached hydrogens (tertiary/aromatic N) is 3. The summed E-state index contributed by atoms with van der Waals surface area (Å²) in [5, 5.41) is 14.3. The fraction of sp³-hybridized carbons (Fsp3) is 0.444. The molecule has 2 aromatic rings. The Morgan fingerprint density at radius 3 is 2.26 bits per heavy atom. The Kier molecular flexibility index (Phi) is 4.61. The van der Waals surface area contributed by atoms with E-state index in [1.54, 1.807) is 31.6 Å². The van der Waals surface area contributed by atoms with Crippen molar-refractivity contribution >= 4 is 5.91 Å². The third kappa shape index (κ3) is 4.20. The molecular formula is C18H25N3O2. The van der Waals surface area contributed by atoms with Gasteiger partial charge < -0.3 is 10.0 Å². The van der Waals surface area contributed by atoms with Gasteiger partial charge >= 0.3 is 0 Å². The average Bonchev–Trinajstić information content (AvgIpc) is 2.76. The first-order valence-electron chi connectivity index (χ1n) is 7.70. The van der Waals surface area contributed by atoms with Gasteiger partial charge in [0.15, 0.2) is 5.69 Å². The Balaban J connectivity index is 2.32. The first-order valence-corrected chi connectivity index (χ1v) is 7.70. The van der Waals surface area contributed by atoms with Crippen LogP contribution in [0.3, 0.4) is 0 Å². The molecule has 1 aromatic carbocycles. The van der Waals surface area contributed by atoms with Crippen LogP contribution >= 0.6 is 0 Å². The van der Waals surface area contributed by atoms with Gasteiger partial charge in [-0.15, -0.1) is 0 Å². The van der Waals surface area contributed by atoms with Crippen molar-refractivity contribution in [3.8, 4) is 5.69 Å². The second kappa shape index (κ2) is 6.16. The highest BCUT2D eigenvalue weighted by Crippen LogP contribution is 2.17. The molecule has 2 rings (SSSR count). The summed E-state index contributed by atoms with van der Waals surface area (Å²) in [5.41, 5.74) is 3.60. The smallest absolute Gasteiger partial charge is 0.274 e. The van der Waals surface area contributed by atoms with Gasteiger partial charge in [0.05, 0.1) is 11.3 Å². The first-order chi connectivity index (χ1) is 10.6. The predicted molar refractivity (Wildman–Crippen MR) is 91.0 cm³/mol. The standard InChI is InChI=1S/C18H25N3O2/c1-12-7-13(2)9-15(8-12)21-14(3)10-16(19-21)17(22)20(6)11-18(4,5)23/h7-10,23H,11H2,1-6H3. The molecule has 0 saturated heterocycles. The summed E-state index contributed by atoms with van der Waals surface area (Å²) in [6.07, 6.45) is 0. The van der Waals surface area contributed by atoms with E-state index in [2.05, 4.69) is 11.2 Å². The predicted octanol–water partition coefficient (Wildman–Crippen LogP) is 2.64. The first kappa shape index (κ1) is 17.2. The third-order valence-corrected chi connectivity index (χ3v) is 3.53. The van der Waals surface area contributed by atoms with Gasteiger partial charge in [0, 0.05) is 19.3 Å². The van der Waals surface area contributed by atoms with Gasteiger partial charge in [0.25, 0.3) is 5.91 Å². The average molecular weight is 315 g/mol. The zero-order chi connectivity index (χ0) is 17.4. The van der Waals surface area contributed by atoms with Gasteiger partial charge in [-0.25, -0.2) is 4.68 Å². The van der Waals surface area contributed by atoms with E-state index in [4.69, 9.17) is 0 Å². The second-order valence-corrected chi connectivity index (χ2v) is 6.90. The van der Waals surface area contributed by atoms with Crippen LogP contribution in [0.1, 0.15) is 41.2 Å². The van der Waals surface area contributed by atoms with Crippen molar-refractivity contribution in [1.82, 2.24) is 14.7 Å². The summed E-state index contributed by atoms with van der Waals surface area (Å²) < 4.78 is 1.78. The molecule has 0 bridgehead atoms. The molecule has 0 aliphatic heterocycles. The molecule has 0 aliphatic carbocycles. The van der Waals surface area contributed by atoms with Gasteiger partial charge in [0.2, 0.25) is 0 Å². The molecule has 1 N–H and O–H groups in total. The molecule has 124 valence electrons. The van der Waals surface area contributed by atoms with Crippen LogP contribution < -0.4 is 0 Å². The molecule has 0 atom stereocenters. The maximum Gasteiger partial charge on any atom is 0.274 e. The minimum Gasteiger partial charge on any atom is -0.389 e. The minimum absolute atomic E-state index is 0.196. The zero-order valence-corrected chi connectivity index (χ0v) is 14.7. The Bertz CT molecular complexity index is 706. The van der Waals surface area contributed by atoms with E-state index in [0.29, 0.717) is 5.69 Å². The van der Waals surface area contributed by atoms with Crippen LogP contribution in [-0.2, 0) is 0 Å². The van der Waals surface area contributed by atoms with E-state index in [9.17, 15) is 9.90 Å². The lowest BCUT2D eigenvalue weighted by molar-refractivity contribution is 0.0364. The molecule has 0 saturated carbocycles. The summed E-state index contributed by atoms with van der Waals surface area (Å²) in [6.45, 7) is 9.61. The van der Waals surface area contributed by atoms with Crippen LogP contribution in [-0.4, -0.2) is 44.9 Å². The van der Waals surface area contributed by atoms with Crippen LogP contribution in [0, 0.1) is 20.8 Å². The highest BCUT2D eigenvalue weighted by Gasteiger charge is 2.22. The number of benzene rings is 1. The van der Waals surface area contributed by atoms with E-state index in [1.807, 2.05) is 32.9 Å². The number of likely N-dealkylation sites (N-methyl/N-ethyl adjacent to an activating group) is 1. The molecule has 1 amide bonds. The Morgan fingerprint density at radius 2 is 1.74 bits per heavy atom. The van der Waals surface area contributed by atoms with Gasteiger partial charge in [-0.3, -0.25) is 4.79 Å². The largest absolute Gasteiger partial charge is 0.389 e. The number of carbonyl (C=O) groups excluding carboxylic acids is 1. The summed E-state index contributed by atoms with van der Waals surface area (Å²) >= 11 is 0. The fourth-order valence-electron chi connectivity index (χ4n) is 2.76. The van der Waals surface area contributed by atoms with Crippen LogP contribution in [0.2, 0.25) is 0 Å². The van der Waals surface area contributed by atoms with Gasteiger partial charge in [0.1, 0.15) is 0 Å². The van der Waals surface area contributed by atoms with Crippen LogP contribution in [0.4, 0.5) is 0 Å². The van der Waals surface area contributed by atoms with Crippen LogP contribution in [0.5, 0.6) is 0 Å². The second-order valence-electron chi connectivity index (χ2n) is 6.90. The molecule has 0 unspecified atom stereocenters. The molecule has 5 nitrogen and oxygen atoms in total. The Labute approximate surface area is 137 Å². The van der Waals surface area contributed by atoms with Gasteiger partial charge in [-0.05, 0) is 63.9 Å². The van der Waals surface area contributed by atoms with Gasteiger partial charge in [-0.2, -0.15) is 5.10 Å². The van der Waals surface area contributed by atoms with Crippen molar-refractivity contribution < 1.29 is 9.90 Å². The number of hydrogen-bond donors (Lipinski definition) is 1. The van der Waals surface area contributed by atoms with E-state index in [1.165, 1.54) is 4.90 Å². The quantitative estimate of drug-likeness (QED) is 0.943. The lowest BCUT2D eigenvalue weighted by Crippen LogP contribution is -2.39. The zero-order valence-electron chi connectivity index (χ0n) is 14.7. The Hall–Kier alpha value is -2.14. The van der Waals surface area contributed by atoms with E-state index >= 15 is 0 Å². The molecule has 1 aromatic heterocycles. The molecule has 23 heavy (non-hydrogen) atoms. The number of amides is 1. The minimum atomic E-state index is -0.935. The molecule has 0 spiro atoms. The van der Waals surface area contributed by atoms with Crippen molar-refractivity contribution in [2.75, 3.05) is 13.6 Å². The number of aromatic nitrogens is 2. The van der Waals surface area contributed by atoms with E-state index < -0.39 is 5.60 Å². The number of aryl methyl sites for hydroxylation is 3. The topological polar surface area (TPSA) is 58.4 Å². The van der Waals surface area contributed by atoms with Crippen molar-refractivity contribution in [3.05, 3.63) is 46.8 Å². The van der Waals surface area contributed by atoms with E-state index in [0.717, 1.165) is 22.5 Å². The van der Waals surface area contributed by atoms with Gasteiger partial charge in [-0.1, -0.05) is 6.07 Å².